The number of hydrogen-bond acceptors (Lipinski definition) is 3. The highest BCUT2D eigenvalue weighted by Crippen LogP contribution is 2.27. The summed E-state index contributed by atoms with van der Waals surface area (Å²) in [6.45, 7) is 3.33. The molecule has 2 bridgehead atoms. The van der Waals surface area contributed by atoms with Crippen LogP contribution in [0, 0.1) is 11.7 Å². The molecule has 1 atom stereocenters. The SMILES string of the molecule is O=C(/C=C/Sc1ccc(F)cc1)NC1CN2CCC1CC2. The third-order valence-corrected chi connectivity index (χ3v) is 5.04. The molecule has 0 saturated carbocycles. The van der Waals surface area contributed by atoms with E-state index in [2.05, 4.69) is 10.2 Å². The van der Waals surface area contributed by atoms with Gasteiger partial charge in [0.05, 0.1) is 0 Å². The molecule has 112 valence electrons. The average molecular weight is 306 g/mol. The van der Waals surface area contributed by atoms with E-state index in [4.69, 9.17) is 0 Å². The van der Waals surface area contributed by atoms with E-state index in [0.29, 0.717) is 12.0 Å². The molecule has 3 aliphatic rings. The number of halogens is 1. The number of benzene rings is 1. The Morgan fingerprint density at radius 3 is 2.62 bits per heavy atom. The molecule has 1 amide bonds. The van der Waals surface area contributed by atoms with E-state index < -0.39 is 0 Å². The summed E-state index contributed by atoms with van der Waals surface area (Å²) in [4.78, 5) is 15.3. The number of amides is 1. The maximum absolute atomic E-state index is 12.8. The van der Waals surface area contributed by atoms with Crippen molar-refractivity contribution in [2.75, 3.05) is 19.6 Å². The molecule has 3 nitrogen and oxygen atoms in total. The maximum atomic E-state index is 12.8. The van der Waals surface area contributed by atoms with E-state index in [-0.39, 0.29) is 11.7 Å². The first kappa shape index (κ1) is 14.6. The van der Waals surface area contributed by atoms with Crippen LogP contribution in [0.3, 0.4) is 0 Å². The van der Waals surface area contributed by atoms with Crippen LogP contribution in [0.25, 0.3) is 0 Å². The molecule has 5 heteroatoms. The van der Waals surface area contributed by atoms with E-state index in [9.17, 15) is 9.18 Å². The van der Waals surface area contributed by atoms with Gasteiger partial charge in [-0.15, -0.1) is 0 Å². The molecule has 0 spiro atoms. The van der Waals surface area contributed by atoms with Crippen LogP contribution in [-0.4, -0.2) is 36.5 Å². The summed E-state index contributed by atoms with van der Waals surface area (Å²) in [6.07, 6.45) is 3.95. The number of fused-ring (bicyclic) bond motifs is 3. The zero-order chi connectivity index (χ0) is 14.7. The first-order chi connectivity index (χ1) is 10.2. The van der Waals surface area contributed by atoms with Crippen LogP contribution in [0.1, 0.15) is 12.8 Å². The molecular formula is C16H19FN2OS. The molecule has 4 rings (SSSR count). The Morgan fingerprint density at radius 2 is 2.00 bits per heavy atom. The van der Waals surface area contributed by atoms with Gasteiger partial charge in [-0.2, -0.15) is 0 Å². The molecule has 1 aromatic rings. The lowest BCUT2D eigenvalue weighted by Gasteiger charge is -2.44. The predicted molar refractivity (Wildman–Crippen MR) is 82.5 cm³/mol. The van der Waals surface area contributed by atoms with Crippen LogP contribution in [0.2, 0.25) is 0 Å². The van der Waals surface area contributed by atoms with Crippen LogP contribution in [0.5, 0.6) is 0 Å². The number of piperidine rings is 3. The fraction of sp³-hybridized carbons (Fsp3) is 0.438. The standard InChI is InChI=1S/C16H19FN2OS/c17-13-1-3-14(4-2-13)21-10-7-16(20)18-15-11-19-8-5-12(15)6-9-19/h1-4,7,10,12,15H,5-6,8-9,11H2,(H,18,20)/b10-7+. The van der Waals surface area contributed by atoms with Crippen LogP contribution < -0.4 is 5.32 Å². The first-order valence-corrected chi connectivity index (χ1v) is 8.20. The molecule has 1 N–H and O–H groups in total. The highest BCUT2D eigenvalue weighted by atomic mass is 32.2. The van der Waals surface area contributed by atoms with E-state index in [0.717, 1.165) is 11.4 Å². The second-order valence-corrected chi connectivity index (χ2v) is 6.61. The second-order valence-electron chi connectivity index (χ2n) is 5.63. The highest BCUT2D eigenvalue weighted by Gasteiger charge is 2.34. The second kappa shape index (κ2) is 6.62. The van der Waals surface area contributed by atoms with Crippen LogP contribution in [0.15, 0.2) is 40.6 Å². The van der Waals surface area contributed by atoms with Gasteiger partial charge in [0.15, 0.2) is 0 Å². The molecule has 1 aromatic carbocycles. The fourth-order valence-electron chi connectivity index (χ4n) is 3.05. The van der Waals surface area contributed by atoms with Crippen molar-refractivity contribution in [2.24, 2.45) is 5.92 Å². The highest BCUT2D eigenvalue weighted by molar-refractivity contribution is 8.02. The third-order valence-electron chi connectivity index (χ3n) is 4.22. The molecule has 0 aromatic heterocycles. The first-order valence-electron chi connectivity index (χ1n) is 7.32. The zero-order valence-electron chi connectivity index (χ0n) is 11.8. The molecule has 3 heterocycles. The minimum absolute atomic E-state index is 0.0386. The van der Waals surface area contributed by atoms with Gasteiger partial charge in [0, 0.05) is 23.6 Å². The molecule has 3 saturated heterocycles. The normalized spacial score (nSPS) is 28.0. The van der Waals surface area contributed by atoms with Crippen molar-refractivity contribution in [3.05, 3.63) is 41.6 Å². The van der Waals surface area contributed by atoms with Crippen molar-refractivity contribution in [1.82, 2.24) is 10.2 Å². The Hall–Kier alpha value is -1.33. The van der Waals surface area contributed by atoms with Crippen molar-refractivity contribution in [2.45, 2.75) is 23.8 Å². The average Bonchev–Trinajstić information content (AvgIpc) is 2.50. The lowest BCUT2D eigenvalue weighted by molar-refractivity contribution is -0.118. The van der Waals surface area contributed by atoms with E-state index in [1.54, 1.807) is 23.6 Å². The summed E-state index contributed by atoms with van der Waals surface area (Å²) < 4.78 is 12.8. The summed E-state index contributed by atoms with van der Waals surface area (Å²) in [7, 11) is 0. The third kappa shape index (κ3) is 3.86. The van der Waals surface area contributed by atoms with E-state index >= 15 is 0 Å². The topological polar surface area (TPSA) is 32.3 Å². The Labute approximate surface area is 128 Å². The predicted octanol–water partition coefficient (Wildman–Crippen LogP) is 2.64. The fourth-order valence-corrected chi connectivity index (χ4v) is 3.69. The zero-order valence-corrected chi connectivity index (χ0v) is 12.6. The van der Waals surface area contributed by atoms with E-state index in [1.807, 2.05) is 0 Å². The van der Waals surface area contributed by atoms with Gasteiger partial charge in [-0.1, -0.05) is 11.8 Å². The van der Waals surface area contributed by atoms with Crippen LogP contribution in [-0.2, 0) is 4.79 Å². The summed E-state index contributed by atoms with van der Waals surface area (Å²) in [5, 5.41) is 4.86. The number of thioether (sulfide) groups is 1. The lowest BCUT2D eigenvalue weighted by atomic mass is 9.84. The van der Waals surface area contributed by atoms with Crippen LogP contribution in [0.4, 0.5) is 4.39 Å². The number of nitrogens with zero attached hydrogens (tertiary/aromatic N) is 1. The number of rotatable bonds is 4. The number of carbonyl (C=O) groups is 1. The Kier molecular flexibility index (Phi) is 4.60. The molecule has 21 heavy (non-hydrogen) atoms. The lowest BCUT2D eigenvalue weighted by Crippen LogP contribution is -2.57. The van der Waals surface area contributed by atoms with Gasteiger partial charge < -0.3 is 10.2 Å². The van der Waals surface area contributed by atoms with Gasteiger partial charge in [0.1, 0.15) is 5.82 Å². The van der Waals surface area contributed by atoms with Crippen molar-refractivity contribution in [3.8, 4) is 0 Å². The molecule has 0 radical (unpaired) electrons. The quantitative estimate of drug-likeness (QED) is 0.685. The molecule has 3 aliphatic heterocycles. The largest absolute Gasteiger partial charge is 0.348 e. The van der Waals surface area contributed by atoms with Gasteiger partial charge in [-0.05, 0) is 61.5 Å². The maximum Gasteiger partial charge on any atom is 0.244 e. The Morgan fingerprint density at radius 1 is 1.29 bits per heavy atom. The molecule has 1 unspecified atom stereocenters. The molecule has 0 aliphatic carbocycles. The minimum Gasteiger partial charge on any atom is -0.348 e. The van der Waals surface area contributed by atoms with Gasteiger partial charge in [-0.3, -0.25) is 4.79 Å². The summed E-state index contributed by atoms with van der Waals surface area (Å²) >= 11 is 1.42. The van der Waals surface area contributed by atoms with Crippen molar-refractivity contribution in [1.29, 1.82) is 0 Å². The Balaban J connectivity index is 1.47. The minimum atomic E-state index is -0.247. The van der Waals surface area contributed by atoms with Gasteiger partial charge >= 0.3 is 0 Å². The van der Waals surface area contributed by atoms with Crippen molar-refractivity contribution >= 4 is 17.7 Å². The summed E-state index contributed by atoms with van der Waals surface area (Å²) in [5.41, 5.74) is 0. The van der Waals surface area contributed by atoms with Gasteiger partial charge in [0.2, 0.25) is 5.91 Å². The van der Waals surface area contributed by atoms with Crippen molar-refractivity contribution in [3.63, 3.8) is 0 Å². The van der Waals surface area contributed by atoms with Gasteiger partial charge in [0.25, 0.3) is 0 Å². The molecular weight excluding hydrogens is 287 g/mol. The number of carbonyl (C=O) groups excluding carboxylic acids is 1. The van der Waals surface area contributed by atoms with Crippen molar-refractivity contribution < 1.29 is 9.18 Å². The Bertz CT molecular complexity index is 524. The number of nitrogens with one attached hydrogen (secondary N) is 1. The molecule has 3 fully saturated rings. The summed E-state index contributed by atoms with van der Waals surface area (Å²) in [6, 6.07) is 6.54. The number of hydrogen-bond donors (Lipinski definition) is 1. The van der Waals surface area contributed by atoms with Crippen LogP contribution >= 0.6 is 11.8 Å². The summed E-state index contributed by atoms with van der Waals surface area (Å²) in [5.74, 6) is 0.351. The van der Waals surface area contributed by atoms with Gasteiger partial charge in [-0.25, -0.2) is 4.39 Å². The van der Waals surface area contributed by atoms with E-state index in [1.165, 1.54) is 49.8 Å². The smallest absolute Gasteiger partial charge is 0.244 e. The monoisotopic (exact) mass is 306 g/mol.